The van der Waals surface area contributed by atoms with Crippen LogP contribution < -0.4 is 0 Å². The van der Waals surface area contributed by atoms with E-state index in [0.29, 0.717) is 13.2 Å². The molecule has 5 nitrogen and oxygen atoms in total. The van der Waals surface area contributed by atoms with Crippen molar-refractivity contribution in [3.05, 3.63) is 18.0 Å². The van der Waals surface area contributed by atoms with Gasteiger partial charge in [0.15, 0.2) is 0 Å². The molecule has 0 aromatic carbocycles. The standard InChI is InChI=1S/C14H25ClN2O3S/c1-6-17(12(4)10-20-5)21(18,19)14-7-13(8-15)16(9-14)11(2)3/h7,9,11-12H,6,8,10H2,1-5H3. The molecule has 122 valence electrons. The average molecular weight is 337 g/mol. The largest absolute Gasteiger partial charge is 0.383 e. The first kappa shape index (κ1) is 18.5. The van der Waals surface area contributed by atoms with E-state index in [-0.39, 0.29) is 22.9 Å². The molecule has 1 heterocycles. The summed E-state index contributed by atoms with van der Waals surface area (Å²) in [5.74, 6) is 0.285. The van der Waals surface area contributed by atoms with Gasteiger partial charge < -0.3 is 9.30 Å². The zero-order valence-electron chi connectivity index (χ0n) is 13.3. The third-order valence-electron chi connectivity index (χ3n) is 3.42. The second kappa shape index (κ2) is 7.63. The number of hydrogen-bond donors (Lipinski definition) is 0. The summed E-state index contributed by atoms with van der Waals surface area (Å²) < 4.78 is 34.0. The Labute approximate surface area is 132 Å². The average Bonchev–Trinajstić information content (AvgIpc) is 2.84. The van der Waals surface area contributed by atoms with Crippen LogP contribution in [0.15, 0.2) is 17.2 Å². The van der Waals surface area contributed by atoms with Crippen LogP contribution in [0.2, 0.25) is 0 Å². The molecule has 0 N–H and O–H groups in total. The summed E-state index contributed by atoms with van der Waals surface area (Å²) in [5.41, 5.74) is 0.806. The number of nitrogens with zero attached hydrogens (tertiary/aromatic N) is 2. The molecule has 1 aromatic heterocycles. The minimum absolute atomic E-state index is 0.161. The molecule has 0 amide bonds. The molecule has 0 radical (unpaired) electrons. The molecular formula is C14H25ClN2O3S. The Bertz CT molecular complexity index is 555. The summed E-state index contributed by atoms with van der Waals surface area (Å²) in [7, 11) is -1.98. The van der Waals surface area contributed by atoms with E-state index in [2.05, 4.69) is 0 Å². The van der Waals surface area contributed by atoms with E-state index in [9.17, 15) is 8.42 Å². The quantitative estimate of drug-likeness (QED) is 0.686. The number of methoxy groups -OCH3 is 1. The lowest BCUT2D eigenvalue weighted by Crippen LogP contribution is -2.40. The molecule has 0 spiro atoms. The molecule has 0 fully saturated rings. The molecule has 0 saturated heterocycles. The van der Waals surface area contributed by atoms with Crippen molar-refractivity contribution in [2.24, 2.45) is 0 Å². The van der Waals surface area contributed by atoms with Crippen LogP contribution in [0.5, 0.6) is 0 Å². The van der Waals surface area contributed by atoms with E-state index in [1.807, 2.05) is 32.3 Å². The first-order valence-electron chi connectivity index (χ1n) is 7.07. The third-order valence-corrected chi connectivity index (χ3v) is 5.75. The lowest BCUT2D eigenvalue weighted by Gasteiger charge is -2.26. The molecule has 1 rings (SSSR count). The maximum Gasteiger partial charge on any atom is 0.244 e. The van der Waals surface area contributed by atoms with Crippen LogP contribution in [0.25, 0.3) is 0 Å². The van der Waals surface area contributed by atoms with Gasteiger partial charge >= 0.3 is 0 Å². The van der Waals surface area contributed by atoms with E-state index in [1.165, 1.54) is 4.31 Å². The van der Waals surface area contributed by atoms with E-state index in [4.69, 9.17) is 16.3 Å². The van der Waals surface area contributed by atoms with Crippen molar-refractivity contribution in [1.82, 2.24) is 8.87 Å². The number of alkyl halides is 1. The molecule has 7 heteroatoms. The Morgan fingerprint density at radius 2 is 2.00 bits per heavy atom. The van der Waals surface area contributed by atoms with E-state index >= 15 is 0 Å². The first-order chi connectivity index (χ1) is 9.79. The van der Waals surface area contributed by atoms with Gasteiger partial charge in [0.2, 0.25) is 10.0 Å². The minimum atomic E-state index is -3.54. The summed E-state index contributed by atoms with van der Waals surface area (Å²) in [5, 5.41) is 0. The molecular weight excluding hydrogens is 312 g/mol. The van der Waals surface area contributed by atoms with Crippen LogP contribution >= 0.6 is 11.6 Å². The Morgan fingerprint density at radius 3 is 2.38 bits per heavy atom. The highest BCUT2D eigenvalue weighted by Crippen LogP contribution is 2.24. The highest BCUT2D eigenvalue weighted by Gasteiger charge is 2.29. The van der Waals surface area contributed by atoms with Crippen molar-refractivity contribution < 1.29 is 13.2 Å². The van der Waals surface area contributed by atoms with Crippen molar-refractivity contribution in [1.29, 1.82) is 0 Å². The minimum Gasteiger partial charge on any atom is -0.383 e. The van der Waals surface area contributed by atoms with Gasteiger partial charge in [0, 0.05) is 37.6 Å². The number of sulfonamides is 1. The maximum atomic E-state index is 12.8. The summed E-state index contributed by atoms with van der Waals surface area (Å²) >= 11 is 5.92. The van der Waals surface area contributed by atoms with E-state index in [1.54, 1.807) is 19.4 Å². The Hall–Kier alpha value is -0.560. The second-order valence-electron chi connectivity index (χ2n) is 5.31. The molecule has 21 heavy (non-hydrogen) atoms. The molecule has 1 unspecified atom stereocenters. The Kier molecular flexibility index (Phi) is 6.71. The summed E-state index contributed by atoms with van der Waals surface area (Å²) in [4.78, 5) is 0.289. The fourth-order valence-electron chi connectivity index (χ4n) is 2.40. The van der Waals surface area contributed by atoms with Crippen LogP contribution in [-0.2, 0) is 20.6 Å². The van der Waals surface area contributed by atoms with Gasteiger partial charge in [-0.25, -0.2) is 8.42 Å². The molecule has 0 bridgehead atoms. The third kappa shape index (κ3) is 4.00. The first-order valence-corrected chi connectivity index (χ1v) is 9.04. The van der Waals surface area contributed by atoms with Crippen molar-refractivity contribution in [3.63, 3.8) is 0 Å². The number of hydrogen-bond acceptors (Lipinski definition) is 3. The highest BCUT2D eigenvalue weighted by atomic mass is 35.5. The number of likely N-dealkylation sites (N-methyl/N-ethyl adjacent to an activating group) is 1. The Balaban J connectivity index is 3.23. The van der Waals surface area contributed by atoms with Gasteiger partial charge in [0.1, 0.15) is 4.90 Å². The normalized spacial score (nSPS) is 14.1. The highest BCUT2D eigenvalue weighted by molar-refractivity contribution is 7.89. The van der Waals surface area contributed by atoms with Crippen LogP contribution in [0.4, 0.5) is 0 Å². The monoisotopic (exact) mass is 336 g/mol. The number of aromatic nitrogens is 1. The molecule has 0 saturated carbocycles. The zero-order chi connectivity index (χ0) is 16.2. The van der Waals surface area contributed by atoms with Crippen LogP contribution in [-0.4, -0.2) is 43.6 Å². The number of ether oxygens (including phenoxy) is 1. The van der Waals surface area contributed by atoms with Crippen molar-refractivity contribution in [2.45, 2.75) is 50.6 Å². The number of halogens is 1. The summed E-state index contributed by atoms with van der Waals surface area (Å²) in [6, 6.07) is 1.60. The van der Waals surface area contributed by atoms with E-state index < -0.39 is 10.0 Å². The lowest BCUT2D eigenvalue weighted by molar-refractivity contribution is 0.142. The maximum absolute atomic E-state index is 12.8. The predicted molar refractivity (Wildman–Crippen MR) is 85.3 cm³/mol. The summed E-state index contributed by atoms with van der Waals surface area (Å²) in [6.45, 7) is 8.42. The van der Waals surface area contributed by atoms with Crippen molar-refractivity contribution in [3.8, 4) is 0 Å². The number of rotatable bonds is 8. The molecule has 0 aliphatic carbocycles. The van der Waals surface area contributed by atoms with Gasteiger partial charge in [0.05, 0.1) is 12.5 Å². The Morgan fingerprint density at radius 1 is 1.38 bits per heavy atom. The van der Waals surface area contributed by atoms with E-state index in [0.717, 1.165) is 5.69 Å². The fraction of sp³-hybridized carbons (Fsp3) is 0.714. The smallest absolute Gasteiger partial charge is 0.244 e. The van der Waals surface area contributed by atoms with Gasteiger partial charge in [-0.05, 0) is 26.8 Å². The van der Waals surface area contributed by atoms with Gasteiger partial charge in [-0.2, -0.15) is 4.31 Å². The summed E-state index contributed by atoms with van der Waals surface area (Å²) in [6.07, 6.45) is 1.67. The lowest BCUT2D eigenvalue weighted by atomic mass is 10.4. The SMILES string of the molecule is CCN(C(C)COC)S(=O)(=O)c1cc(CCl)n(C(C)C)c1. The molecule has 1 atom stereocenters. The predicted octanol–water partition coefficient (Wildman–Crippen LogP) is 2.85. The van der Waals surface area contributed by atoms with Crippen LogP contribution in [0, 0.1) is 0 Å². The zero-order valence-corrected chi connectivity index (χ0v) is 14.9. The molecule has 0 aliphatic heterocycles. The second-order valence-corrected chi connectivity index (χ2v) is 7.47. The molecule has 1 aromatic rings. The van der Waals surface area contributed by atoms with Crippen molar-refractivity contribution in [2.75, 3.05) is 20.3 Å². The van der Waals surface area contributed by atoms with Crippen LogP contribution in [0.3, 0.4) is 0 Å². The van der Waals surface area contributed by atoms with Crippen LogP contribution in [0.1, 0.15) is 39.4 Å². The van der Waals surface area contributed by atoms with Gasteiger partial charge in [-0.3, -0.25) is 0 Å². The topological polar surface area (TPSA) is 51.5 Å². The van der Waals surface area contributed by atoms with Gasteiger partial charge in [0.25, 0.3) is 0 Å². The molecule has 0 aliphatic rings. The fourth-order valence-corrected chi connectivity index (χ4v) is 4.30. The van der Waals surface area contributed by atoms with Gasteiger partial charge in [-0.1, -0.05) is 6.92 Å². The van der Waals surface area contributed by atoms with Crippen molar-refractivity contribution >= 4 is 21.6 Å². The van der Waals surface area contributed by atoms with Gasteiger partial charge in [-0.15, -0.1) is 11.6 Å².